The molecule has 1 aromatic rings. The van der Waals surface area contributed by atoms with E-state index in [2.05, 4.69) is 0 Å². The molecule has 0 saturated heterocycles. The van der Waals surface area contributed by atoms with Crippen molar-refractivity contribution >= 4 is 22.7 Å². The molecular formula is C16H17NO3S. The molecule has 2 rings (SSSR count). The predicted octanol–water partition coefficient (Wildman–Crippen LogP) is 3.57. The van der Waals surface area contributed by atoms with Crippen molar-refractivity contribution in [3.8, 4) is 11.2 Å². The van der Waals surface area contributed by atoms with E-state index in [0.29, 0.717) is 17.3 Å². The second-order valence-electron chi connectivity index (χ2n) is 5.21. The number of carbonyl (C=O) groups is 2. The Hall–Kier alpha value is -1.80. The molecule has 0 radical (unpaired) electrons. The lowest BCUT2D eigenvalue weighted by Gasteiger charge is -2.27. The minimum absolute atomic E-state index is 0.135. The fourth-order valence-electron chi connectivity index (χ4n) is 2.55. The van der Waals surface area contributed by atoms with E-state index in [9.17, 15) is 9.59 Å². The molecule has 0 aliphatic heterocycles. The Bertz CT molecular complexity index is 554. The van der Waals surface area contributed by atoms with Gasteiger partial charge in [0.1, 0.15) is 16.9 Å². The van der Waals surface area contributed by atoms with Gasteiger partial charge in [-0.3, -0.25) is 9.59 Å². The first-order valence-electron chi connectivity index (χ1n) is 6.97. The molecule has 0 N–H and O–H groups in total. The molecule has 0 bridgehead atoms. The highest BCUT2D eigenvalue weighted by Crippen LogP contribution is 2.28. The number of ketones is 1. The first-order valence-corrected chi connectivity index (χ1v) is 7.79. The van der Waals surface area contributed by atoms with Gasteiger partial charge in [-0.2, -0.15) is 5.26 Å². The smallest absolute Gasteiger partial charge is 0.233 e. The summed E-state index contributed by atoms with van der Waals surface area (Å²) in [4.78, 5) is 22.8. The molecule has 1 fully saturated rings. The minimum atomic E-state index is -0.258. The van der Waals surface area contributed by atoms with Crippen molar-refractivity contribution in [2.75, 3.05) is 0 Å². The van der Waals surface area contributed by atoms with E-state index >= 15 is 0 Å². The third kappa shape index (κ3) is 4.33. The topological polar surface area (TPSA) is 67.2 Å². The Morgan fingerprint density at radius 2 is 1.81 bits per heavy atom. The standard InChI is InChI=1S/C16H17NO3S/c1-11(18)12-2-6-14(7-3-12)20-15-8-4-13(5-9-15)16(19)21-10-17/h4-5,8-9,12,14H,2-3,6-7H2,1H3/t12-,14+. The van der Waals surface area contributed by atoms with Gasteiger partial charge in [0.15, 0.2) is 0 Å². The number of thioether (sulfide) groups is 1. The molecule has 0 spiro atoms. The third-order valence-electron chi connectivity index (χ3n) is 3.78. The minimum Gasteiger partial charge on any atom is -0.490 e. The second-order valence-corrected chi connectivity index (χ2v) is 5.96. The van der Waals surface area contributed by atoms with Gasteiger partial charge in [-0.25, -0.2) is 0 Å². The Balaban J connectivity index is 1.88. The van der Waals surface area contributed by atoms with Crippen molar-refractivity contribution in [1.82, 2.24) is 0 Å². The van der Waals surface area contributed by atoms with Crippen LogP contribution < -0.4 is 4.74 Å². The van der Waals surface area contributed by atoms with Crippen LogP contribution in [-0.4, -0.2) is 17.0 Å². The maximum absolute atomic E-state index is 11.5. The summed E-state index contributed by atoms with van der Waals surface area (Å²) in [5.41, 5.74) is 0.495. The van der Waals surface area contributed by atoms with Crippen molar-refractivity contribution in [2.45, 2.75) is 38.7 Å². The second kappa shape index (κ2) is 7.28. The maximum Gasteiger partial charge on any atom is 0.233 e. The normalized spacial score (nSPS) is 21.3. The Kier molecular flexibility index (Phi) is 5.40. The molecule has 21 heavy (non-hydrogen) atoms. The number of rotatable bonds is 4. The van der Waals surface area contributed by atoms with Crippen LogP contribution in [0.5, 0.6) is 5.75 Å². The first kappa shape index (κ1) is 15.6. The molecule has 0 atom stereocenters. The van der Waals surface area contributed by atoms with E-state index in [0.717, 1.165) is 31.4 Å². The van der Waals surface area contributed by atoms with Crippen LogP contribution in [0, 0.1) is 16.6 Å². The molecular weight excluding hydrogens is 286 g/mol. The molecule has 0 heterocycles. The number of thiocyanates is 1. The van der Waals surface area contributed by atoms with Gasteiger partial charge < -0.3 is 4.74 Å². The van der Waals surface area contributed by atoms with Gasteiger partial charge in [-0.1, -0.05) is 0 Å². The Morgan fingerprint density at radius 1 is 1.19 bits per heavy atom. The van der Waals surface area contributed by atoms with Gasteiger partial charge in [0.05, 0.1) is 6.10 Å². The van der Waals surface area contributed by atoms with Crippen LogP contribution in [0.3, 0.4) is 0 Å². The number of benzene rings is 1. The Labute approximate surface area is 128 Å². The largest absolute Gasteiger partial charge is 0.490 e. The van der Waals surface area contributed by atoms with Gasteiger partial charge in [0, 0.05) is 23.2 Å². The summed E-state index contributed by atoms with van der Waals surface area (Å²) < 4.78 is 5.88. The fourth-order valence-corrected chi connectivity index (χ4v) is 2.89. The number of ether oxygens (including phenoxy) is 1. The van der Waals surface area contributed by atoms with Crippen molar-refractivity contribution in [3.05, 3.63) is 29.8 Å². The quantitative estimate of drug-likeness (QED) is 0.795. The van der Waals surface area contributed by atoms with Crippen LogP contribution >= 0.6 is 11.8 Å². The lowest BCUT2D eigenvalue weighted by Crippen LogP contribution is -2.27. The van der Waals surface area contributed by atoms with E-state index in [4.69, 9.17) is 10.00 Å². The molecule has 1 aromatic carbocycles. The third-order valence-corrected chi connectivity index (χ3v) is 4.29. The zero-order valence-corrected chi connectivity index (χ0v) is 12.7. The van der Waals surface area contributed by atoms with Crippen LogP contribution in [0.2, 0.25) is 0 Å². The molecule has 0 amide bonds. The lowest BCUT2D eigenvalue weighted by molar-refractivity contribution is -0.122. The van der Waals surface area contributed by atoms with E-state index in [1.165, 1.54) is 0 Å². The number of hydrogen-bond donors (Lipinski definition) is 0. The van der Waals surface area contributed by atoms with E-state index in [1.807, 2.05) is 0 Å². The summed E-state index contributed by atoms with van der Waals surface area (Å²) in [7, 11) is 0. The SMILES string of the molecule is CC(=O)[C@H]1CC[C@@H](Oc2ccc(C(=O)SC#N)cc2)CC1. The van der Waals surface area contributed by atoms with Gasteiger partial charge in [0.25, 0.3) is 0 Å². The van der Waals surface area contributed by atoms with Gasteiger partial charge in [0.2, 0.25) is 5.12 Å². The highest BCUT2D eigenvalue weighted by atomic mass is 32.2. The van der Waals surface area contributed by atoms with E-state index in [1.54, 1.807) is 36.6 Å². The van der Waals surface area contributed by atoms with Gasteiger partial charge in [-0.15, -0.1) is 0 Å². The monoisotopic (exact) mass is 303 g/mol. The molecule has 4 nitrogen and oxygen atoms in total. The van der Waals surface area contributed by atoms with E-state index < -0.39 is 0 Å². The summed E-state index contributed by atoms with van der Waals surface area (Å²) in [5, 5.41) is 9.98. The van der Waals surface area contributed by atoms with Crippen LogP contribution in [0.15, 0.2) is 24.3 Å². The van der Waals surface area contributed by atoms with Crippen molar-refractivity contribution in [3.63, 3.8) is 0 Å². The average Bonchev–Trinajstić information content (AvgIpc) is 2.49. The fraction of sp³-hybridized carbons (Fsp3) is 0.438. The summed E-state index contributed by atoms with van der Waals surface area (Å²) >= 11 is 0.623. The highest BCUT2D eigenvalue weighted by Gasteiger charge is 2.25. The first-order chi connectivity index (χ1) is 10.1. The number of nitriles is 1. The molecule has 0 aromatic heterocycles. The molecule has 1 aliphatic carbocycles. The summed E-state index contributed by atoms with van der Waals surface area (Å²) in [6.07, 6.45) is 3.67. The van der Waals surface area contributed by atoms with E-state index in [-0.39, 0.29) is 22.9 Å². The van der Waals surface area contributed by atoms with Crippen LogP contribution in [0.4, 0.5) is 0 Å². The zero-order chi connectivity index (χ0) is 15.2. The number of carbonyl (C=O) groups excluding carboxylic acids is 2. The molecule has 1 aliphatic rings. The molecule has 0 unspecified atom stereocenters. The molecule has 1 saturated carbocycles. The predicted molar refractivity (Wildman–Crippen MR) is 81.0 cm³/mol. The molecule has 110 valence electrons. The number of Topliss-reactive ketones (excluding diaryl/α,β-unsaturated/α-hetero) is 1. The highest BCUT2D eigenvalue weighted by molar-refractivity contribution is 8.18. The summed E-state index contributed by atoms with van der Waals surface area (Å²) in [6, 6.07) is 6.84. The summed E-state index contributed by atoms with van der Waals surface area (Å²) in [5.74, 6) is 1.18. The molecule has 5 heteroatoms. The number of hydrogen-bond acceptors (Lipinski definition) is 5. The van der Waals surface area contributed by atoms with Crippen LogP contribution in [0.1, 0.15) is 43.0 Å². The van der Waals surface area contributed by atoms with Crippen molar-refractivity contribution in [2.24, 2.45) is 5.92 Å². The lowest BCUT2D eigenvalue weighted by atomic mass is 9.85. The van der Waals surface area contributed by atoms with Gasteiger partial charge >= 0.3 is 0 Å². The van der Waals surface area contributed by atoms with Crippen molar-refractivity contribution in [1.29, 1.82) is 5.26 Å². The van der Waals surface area contributed by atoms with Gasteiger partial charge in [-0.05, 0) is 56.9 Å². The average molecular weight is 303 g/mol. The zero-order valence-electron chi connectivity index (χ0n) is 11.9. The van der Waals surface area contributed by atoms with Crippen LogP contribution in [0.25, 0.3) is 0 Å². The number of nitrogens with zero attached hydrogens (tertiary/aromatic N) is 1. The van der Waals surface area contributed by atoms with Crippen molar-refractivity contribution < 1.29 is 14.3 Å². The Morgan fingerprint density at radius 3 is 2.33 bits per heavy atom. The summed E-state index contributed by atoms with van der Waals surface area (Å²) in [6.45, 7) is 1.65. The van der Waals surface area contributed by atoms with Crippen LogP contribution in [-0.2, 0) is 4.79 Å². The maximum atomic E-state index is 11.5.